The highest BCUT2D eigenvalue weighted by Crippen LogP contribution is 2.25. The third-order valence-corrected chi connectivity index (χ3v) is 4.11. The van der Waals surface area contributed by atoms with Crippen LogP contribution in [0.2, 0.25) is 0 Å². The van der Waals surface area contributed by atoms with Gasteiger partial charge in [-0.15, -0.1) is 10.2 Å². The second-order valence-corrected chi connectivity index (χ2v) is 6.04. The monoisotopic (exact) mass is 344 g/mol. The van der Waals surface area contributed by atoms with E-state index < -0.39 is 11.6 Å². The van der Waals surface area contributed by atoms with Crippen LogP contribution in [0.25, 0.3) is 11.5 Å². The molecular formula is C17H13FN2O3S. The zero-order chi connectivity index (χ0) is 17.1. The van der Waals surface area contributed by atoms with E-state index in [1.54, 1.807) is 0 Å². The Morgan fingerprint density at radius 3 is 2.71 bits per heavy atom. The number of aryl methyl sites for hydroxylation is 1. The molecule has 0 bridgehead atoms. The van der Waals surface area contributed by atoms with Gasteiger partial charge in [-0.1, -0.05) is 29.5 Å². The Balaban J connectivity index is 1.68. The second kappa shape index (κ2) is 6.84. The van der Waals surface area contributed by atoms with E-state index in [0.29, 0.717) is 5.89 Å². The Hall–Kier alpha value is -2.67. The van der Waals surface area contributed by atoms with Crippen LogP contribution in [0.4, 0.5) is 4.39 Å². The number of aromatic hydroxyl groups is 1. The maximum absolute atomic E-state index is 13.2. The van der Waals surface area contributed by atoms with Gasteiger partial charge in [0, 0.05) is 5.56 Å². The van der Waals surface area contributed by atoms with Gasteiger partial charge in [0.15, 0.2) is 5.78 Å². The highest BCUT2D eigenvalue weighted by atomic mass is 32.2. The number of phenolic OH excluding ortho intramolecular Hbond substituents is 1. The number of phenols is 1. The lowest BCUT2D eigenvalue weighted by molar-refractivity contribution is 0.101. The van der Waals surface area contributed by atoms with Crippen LogP contribution in [0.1, 0.15) is 15.9 Å². The largest absolute Gasteiger partial charge is 0.507 e. The zero-order valence-electron chi connectivity index (χ0n) is 12.7. The molecule has 2 aromatic carbocycles. The molecular weight excluding hydrogens is 331 g/mol. The highest BCUT2D eigenvalue weighted by molar-refractivity contribution is 7.99. The maximum Gasteiger partial charge on any atom is 0.277 e. The Morgan fingerprint density at radius 1 is 1.21 bits per heavy atom. The van der Waals surface area contributed by atoms with Crippen molar-refractivity contribution in [2.24, 2.45) is 0 Å². The normalized spacial score (nSPS) is 10.8. The van der Waals surface area contributed by atoms with Crippen LogP contribution in [0.15, 0.2) is 52.1 Å². The van der Waals surface area contributed by atoms with Crippen molar-refractivity contribution in [1.82, 2.24) is 10.2 Å². The number of nitrogens with zero attached hydrogens (tertiary/aromatic N) is 2. The standard InChI is InChI=1S/C17H13FN2O3S/c1-10-2-4-11(5-3-10)16-19-20-17(23-16)24-9-15(22)13-8-12(18)6-7-14(13)21/h2-8,21H,9H2,1H3. The van der Waals surface area contributed by atoms with Gasteiger partial charge in [-0.3, -0.25) is 4.79 Å². The first-order chi connectivity index (χ1) is 11.5. The molecule has 1 N–H and O–H groups in total. The smallest absolute Gasteiger partial charge is 0.277 e. The van der Waals surface area contributed by atoms with Gasteiger partial charge in [0.25, 0.3) is 5.22 Å². The van der Waals surface area contributed by atoms with Gasteiger partial charge in [0.05, 0.1) is 11.3 Å². The fourth-order valence-corrected chi connectivity index (χ4v) is 2.66. The minimum Gasteiger partial charge on any atom is -0.507 e. The molecule has 0 atom stereocenters. The molecule has 0 aliphatic heterocycles. The first kappa shape index (κ1) is 16.2. The van der Waals surface area contributed by atoms with Gasteiger partial charge >= 0.3 is 0 Å². The van der Waals surface area contributed by atoms with E-state index >= 15 is 0 Å². The lowest BCUT2D eigenvalue weighted by Crippen LogP contribution is -2.03. The molecule has 0 unspecified atom stereocenters. The van der Waals surface area contributed by atoms with Crippen molar-refractivity contribution in [3.05, 3.63) is 59.4 Å². The summed E-state index contributed by atoms with van der Waals surface area (Å²) in [5.74, 6) is -0.953. The number of aromatic nitrogens is 2. The van der Waals surface area contributed by atoms with Crippen molar-refractivity contribution in [3.63, 3.8) is 0 Å². The molecule has 122 valence electrons. The molecule has 5 nitrogen and oxygen atoms in total. The number of hydrogen-bond acceptors (Lipinski definition) is 6. The van der Waals surface area contributed by atoms with E-state index in [1.165, 1.54) is 0 Å². The minimum atomic E-state index is -0.583. The van der Waals surface area contributed by atoms with Crippen LogP contribution in [-0.4, -0.2) is 26.8 Å². The van der Waals surface area contributed by atoms with Crippen molar-refractivity contribution >= 4 is 17.5 Å². The molecule has 3 aromatic rings. The van der Waals surface area contributed by atoms with Crippen molar-refractivity contribution in [3.8, 4) is 17.2 Å². The van der Waals surface area contributed by atoms with Crippen LogP contribution in [0.5, 0.6) is 5.75 Å². The van der Waals surface area contributed by atoms with Crippen molar-refractivity contribution in [2.75, 3.05) is 5.75 Å². The average molecular weight is 344 g/mol. The first-order valence-corrected chi connectivity index (χ1v) is 8.06. The number of thioether (sulfide) groups is 1. The van der Waals surface area contributed by atoms with Gasteiger partial charge < -0.3 is 9.52 Å². The molecule has 0 saturated heterocycles. The predicted molar refractivity (Wildman–Crippen MR) is 87.6 cm³/mol. The van der Waals surface area contributed by atoms with Crippen molar-refractivity contribution < 1.29 is 18.7 Å². The van der Waals surface area contributed by atoms with Crippen LogP contribution in [-0.2, 0) is 0 Å². The van der Waals surface area contributed by atoms with Crippen LogP contribution in [0, 0.1) is 12.7 Å². The number of carbonyl (C=O) groups excluding carboxylic acids is 1. The van der Waals surface area contributed by atoms with Crippen LogP contribution >= 0.6 is 11.8 Å². The van der Waals surface area contributed by atoms with Crippen LogP contribution in [0.3, 0.4) is 0 Å². The molecule has 0 radical (unpaired) electrons. The van der Waals surface area contributed by atoms with E-state index in [4.69, 9.17) is 4.42 Å². The Labute approximate surface area is 141 Å². The lowest BCUT2D eigenvalue weighted by Gasteiger charge is -2.02. The lowest BCUT2D eigenvalue weighted by atomic mass is 10.1. The number of carbonyl (C=O) groups is 1. The number of Topliss-reactive ketones (excluding diaryl/α,β-unsaturated/α-hetero) is 1. The molecule has 1 heterocycles. The summed E-state index contributed by atoms with van der Waals surface area (Å²) in [5.41, 5.74) is 1.84. The number of hydrogen-bond donors (Lipinski definition) is 1. The summed E-state index contributed by atoms with van der Waals surface area (Å²) in [6, 6.07) is 10.8. The van der Waals surface area contributed by atoms with E-state index in [-0.39, 0.29) is 22.3 Å². The molecule has 0 saturated carbocycles. The molecule has 7 heteroatoms. The highest BCUT2D eigenvalue weighted by Gasteiger charge is 2.15. The Bertz CT molecular complexity index is 878. The quantitative estimate of drug-likeness (QED) is 0.559. The number of rotatable bonds is 5. The van der Waals surface area contributed by atoms with Crippen molar-refractivity contribution in [2.45, 2.75) is 12.1 Å². The number of benzene rings is 2. The number of halogens is 1. The minimum absolute atomic E-state index is 0.0491. The van der Waals surface area contributed by atoms with Crippen molar-refractivity contribution in [1.29, 1.82) is 0 Å². The molecule has 24 heavy (non-hydrogen) atoms. The van der Waals surface area contributed by atoms with E-state index in [1.807, 2.05) is 31.2 Å². The Morgan fingerprint density at radius 2 is 1.96 bits per heavy atom. The molecule has 0 spiro atoms. The summed E-state index contributed by atoms with van der Waals surface area (Å²) in [5, 5.41) is 17.7. The van der Waals surface area contributed by atoms with E-state index in [0.717, 1.165) is 41.1 Å². The summed E-state index contributed by atoms with van der Waals surface area (Å²) >= 11 is 1.03. The van der Waals surface area contributed by atoms with Gasteiger partial charge in [0.2, 0.25) is 5.89 Å². The second-order valence-electron chi connectivity index (χ2n) is 5.11. The molecule has 0 aliphatic carbocycles. The van der Waals surface area contributed by atoms with E-state index in [2.05, 4.69) is 10.2 Å². The van der Waals surface area contributed by atoms with Gasteiger partial charge in [-0.05, 0) is 37.3 Å². The fraction of sp³-hybridized carbons (Fsp3) is 0.118. The molecule has 3 rings (SSSR count). The summed E-state index contributed by atoms with van der Waals surface area (Å²) in [6.45, 7) is 1.98. The van der Waals surface area contributed by atoms with Gasteiger partial charge in [-0.25, -0.2) is 4.39 Å². The Kier molecular flexibility index (Phi) is 4.61. The molecule has 1 aromatic heterocycles. The summed E-state index contributed by atoms with van der Waals surface area (Å²) in [4.78, 5) is 12.1. The molecule has 0 aliphatic rings. The zero-order valence-corrected chi connectivity index (χ0v) is 13.5. The SMILES string of the molecule is Cc1ccc(-c2nnc(SCC(=O)c3cc(F)ccc3O)o2)cc1. The predicted octanol–water partition coefficient (Wildman–Crippen LogP) is 3.86. The number of ketones is 1. The maximum atomic E-state index is 13.2. The topological polar surface area (TPSA) is 76.2 Å². The van der Waals surface area contributed by atoms with Gasteiger partial charge in [0.1, 0.15) is 11.6 Å². The molecule has 0 amide bonds. The fourth-order valence-electron chi connectivity index (χ4n) is 2.02. The average Bonchev–Trinajstić information content (AvgIpc) is 3.04. The van der Waals surface area contributed by atoms with Gasteiger partial charge in [-0.2, -0.15) is 0 Å². The third-order valence-electron chi connectivity index (χ3n) is 3.29. The summed E-state index contributed by atoms with van der Waals surface area (Å²) in [6.07, 6.45) is 0. The van der Waals surface area contributed by atoms with E-state index in [9.17, 15) is 14.3 Å². The summed E-state index contributed by atoms with van der Waals surface area (Å²) in [7, 11) is 0. The first-order valence-electron chi connectivity index (χ1n) is 7.08. The van der Waals surface area contributed by atoms with Crippen LogP contribution < -0.4 is 0 Å². The third kappa shape index (κ3) is 3.62. The molecule has 0 fully saturated rings. The summed E-state index contributed by atoms with van der Waals surface area (Å²) < 4.78 is 18.7.